The number of hydrogen-bond acceptors (Lipinski definition) is 5. The molecule has 1 rings (SSSR count). The molecule has 1 heterocycles. The highest BCUT2D eigenvalue weighted by atomic mass is 32.2. The number of nitrogens with one attached hydrogen (secondary N) is 1. The zero-order valence-electron chi connectivity index (χ0n) is 12.5. The van der Waals surface area contributed by atoms with Crippen LogP contribution >= 0.6 is 11.8 Å². The maximum atomic E-state index is 11.5. The highest BCUT2D eigenvalue weighted by Gasteiger charge is 2.28. The standard InChI is InChI=1S/C14H24N4OS/c1-4-17-14(3,12(15)19)8-5-6-10-20-13-16-9-7-11(2)18-13/h7,9,17H,4-6,8,10H2,1-3H3,(H2,15,19). The summed E-state index contributed by atoms with van der Waals surface area (Å²) in [6.45, 7) is 6.55. The first-order valence-corrected chi connectivity index (χ1v) is 7.94. The molecule has 0 saturated carbocycles. The van der Waals surface area contributed by atoms with Crippen molar-refractivity contribution in [2.24, 2.45) is 5.73 Å². The molecule has 1 atom stereocenters. The van der Waals surface area contributed by atoms with Crippen molar-refractivity contribution in [3.05, 3.63) is 18.0 Å². The van der Waals surface area contributed by atoms with E-state index in [1.165, 1.54) is 0 Å². The molecule has 0 spiro atoms. The van der Waals surface area contributed by atoms with Crippen LogP contribution in [0.15, 0.2) is 17.4 Å². The molecule has 0 bridgehead atoms. The number of carbonyl (C=O) groups excluding carboxylic acids is 1. The van der Waals surface area contributed by atoms with Gasteiger partial charge in [-0.25, -0.2) is 9.97 Å². The average Bonchev–Trinajstić information content (AvgIpc) is 2.38. The topological polar surface area (TPSA) is 80.9 Å². The van der Waals surface area contributed by atoms with Gasteiger partial charge in [-0.2, -0.15) is 0 Å². The molecule has 0 aromatic carbocycles. The monoisotopic (exact) mass is 296 g/mol. The molecule has 1 aromatic heterocycles. The van der Waals surface area contributed by atoms with Crippen LogP contribution in [0.3, 0.4) is 0 Å². The second-order valence-corrected chi connectivity index (χ2v) is 6.07. The average molecular weight is 296 g/mol. The van der Waals surface area contributed by atoms with Crippen LogP contribution in [0.25, 0.3) is 0 Å². The number of amides is 1. The van der Waals surface area contributed by atoms with Crippen LogP contribution in [-0.2, 0) is 4.79 Å². The fourth-order valence-corrected chi connectivity index (χ4v) is 2.80. The van der Waals surface area contributed by atoms with Crippen LogP contribution in [-0.4, -0.2) is 33.7 Å². The molecule has 1 amide bonds. The Bertz CT molecular complexity index is 441. The maximum Gasteiger partial charge on any atom is 0.237 e. The molecule has 3 N–H and O–H groups in total. The van der Waals surface area contributed by atoms with E-state index in [9.17, 15) is 4.79 Å². The molecule has 20 heavy (non-hydrogen) atoms. The number of thioether (sulfide) groups is 1. The minimum absolute atomic E-state index is 0.283. The lowest BCUT2D eigenvalue weighted by molar-refractivity contribution is -0.124. The summed E-state index contributed by atoms with van der Waals surface area (Å²) in [7, 11) is 0. The zero-order chi connectivity index (χ0) is 15.0. The lowest BCUT2D eigenvalue weighted by atomic mass is 9.94. The molecule has 112 valence electrons. The third-order valence-electron chi connectivity index (χ3n) is 3.19. The van der Waals surface area contributed by atoms with Crippen molar-refractivity contribution >= 4 is 17.7 Å². The smallest absolute Gasteiger partial charge is 0.237 e. The van der Waals surface area contributed by atoms with Gasteiger partial charge < -0.3 is 11.1 Å². The third-order valence-corrected chi connectivity index (χ3v) is 4.13. The van der Waals surface area contributed by atoms with Crippen molar-refractivity contribution in [2.75, 3.05) is 12.3 Å². The predicted octanol–water partition coefficient (Wildman–Crippen LogP) is 1.90. The molecule has 6 heteroatoms. The van der Waals surface area contributed by atoms with Crippen molar-refractivity contribution in [3.8, 4) is 0 Å². The summed E-state index contributed by atoms with van der Waals surface area (Å²) >= 11 is 1.65. The molecule has 0 aliphatic heterocycles. The van der Waals surface area contributed by atoms with Gasteiger partial charge in [0.05, 0.1) is 5.54 Å². The van der Waals surface area contributed by atoms with Gasteiger partial charge in [0.25, 0.3) is 0 Å². The molecular weight excluding hydrogens is 272 g/mol. The Hall–Kier alpha value is -1.14. The van der Waals surface area contributed by atoms with Gasteiger partial charge in [-0.3, -0.25) is 4.79 Å². The first kappa shape index (κ1) is 16.9. The van der Waals surface area contributed by atoms with E-state index in [0.717, 1.165) is 42.4 Å². The number of aromatic nitrogens is 2. The normalized spacial score (nSPS) is 13.9. The molecule has 5 nitrogen and oxygen atoms in total. The molecule has 1 unspecified atom stereocenters. The Kier molecular flexibility index (Phi) is 6.95. The van der Waals surface area contributed by atoms with Gasteiger partial charge in [0.1, 0.15) is 0 Å². The quantitative estimate of drug-likeness (QED) is 0.413. The Morgan fingerprint density at radius 1 is 1.50 bits per heavy atom. The number of rotatable bonds is 9. The summed E-state index contributed by atoms with van der Waals surface area (Å²) in [4.78, 5) is 20.0. The van der Waals surface area contributed by atoms with E-state index < -0.39 is 5.54 Å². The number of unbranched alkanes of at least 4 members (excludes halogenated alkanes) is 1. The number of carbonyl (C=O) groups is 1. The largest absolute Gasteiger partial charge is 0.368 e. The summed E-state index contributed by atoms with van der Waals surface area (Å²) in [6.07, 6.45) is 4.49. The van der Waals surface area contributed by atoms with E-state index in [2.05, 4.69) is 15.3 Å². The summed E-state index contributed by atoms with van der Waals surface area (Å²) in [6, 6.07) is 1.89. The number of likely N-dealkylation sites (N-methyl/N-ethyl adjacent to an activating group) is 1. The van der Waals surface area contributed by atoms with Crippen LogP contribution in [0.1, 0.15) is 38.8 Å². The molecule has 0 radical (unpaired) electrons. The van der Waals surface area contributed by atoms with Gasteiger partial charge >= 0.3 is 0 Å². The van der Waals surface area contributed by atoms with Crippen molar-refractivity contribution in [2.45, 2.75) is 50.7 Å². The highest BCUT2D eigenvalue weighted by molar-refractivity contribution is 7.99. The molecule has 1 aromatic rings. The van der Waals surface area contributed by atoms with Crippen LogP contribution in [0.4, 0.5) is 0 Å². The Balaban J connectivity index is 2.29. The van der Waals surface area contributed by atoms with Crippen molar-refractivity contribution < 1.29 is 4.79 Å². The Morgan fingerprint density at radius 3 is 2.85 bits per heavy atom. The van der Waals surface area contributed by atoms with Crippen molar-refractivity contribution in [1.82, 2.24) is 15.3 Å². The summed E-state index contributed by atoms with van der Waals surface area (Å²) in [5, 5.41) is 3.98. The second-order valence-electron chi connectivity index (χ2n) is 5.01. The number of aryl methyl sites for hydroxylation is 1. The molecule has 0 fully saturated rings. The lowest BCUT2D eigenvalue weighted by Gasteiger charge is -2.26. The third kappa shape index (κ3) is 5.46. The van der Waals surface area contributed by atoms with Gasteiger partial charge in [-0.15, -0.1) is 0 Å². The summed E-state index contributed by atoms with van der Waals surface area (Å²) < 4.78 is 0. The summed E-state index contributed by atoms with van der Waals surface area (Å²) in [5.74, 6) is 0.666. The van der Waals surface area contributed by atoms with Gasteiger partial charge in [0, 0.05) is 17.6 Å². The predicted molar refractivity (Wildman–Crippen MR) is 82.6 cm³/mol. The highest BCUT2D eigenvalue weighted by Crippen LogP contribution is 2.18. The lowest BCUT2D eigenvalue weighted by Crippen LogP contribution is -2.52. The zero-order valence-corrected chi connectivity index (χ0v) is 13.3. The Labute approximate surface area is 125 Å². The first-order chi connectivity index (χ1) is 9.48. The van der Waals surface area contributed by atoms with Crippen LogP contribution in [0.2, 0.25) is 0 Å². The molecule has 0 aliphatic carbocycles. The SMILES string of the molecule is CCNC(C)(CCCCSc1nccc(C)n1)C(N)=O. The molecular formula is C14H24N4OS. The second kappa shape index (κ2) is 8.21. The minimum Gasteiger partial charge on any atom is -0.368 e. The van der Waals surface area contributed by atoms with Gasteiger partial charge in [0.2, 0.25) is 5.91 Å². The fraction of sp³-hybridized carbons (Fsp3) is 0.643. The van der Waals surface area contributed by atoms with E-state index in [0.29, 0.717) is 0 Å². The number of primary amides is 1. The van der Waals surface area contributed by atoms with Gasteiger partial charge in [0.15, 0.2) is 5.16 Å². The van der Waals surface area contributed by atoms with Crippen LogP contribution < -0.4 is 11.1 Å². The van der Waals surface area contributed by atoms with Crippen LogP contribution in [0, 0.1) is 6.92 Å². The van der Waals surface area contributed by atoms with E-state index in [4.69, 9.17) is 5.73 Å². The minimum atomic E-state index is -0.598. The molecule has 0 saturated heterocycles. The first-order valence-electron chi connectivity index (χ1n) is 6.95. The van der Waals surface area contributed by atoms with E-state index in [1.54, 1.807) is 18.0 Å². The molecule has 0 aliphatic rings. The summed E-state index contributed by atoms with van der Waals surface area (Å²) in [5.41, 5.74) is 5.84. The van der Waals surface area contributed by atoms with Gasteiger partial charge in [-0.1, -0.05) is 25.1 Å². The number of nitrogens with zero attached hydrogens (tertiary/aromatic N) is 2. The van der Waals surface area contributed by atoms with Crippen LogP contribution in [0.5, 0.6) is 0 Å². The van der Waals surface area contributed by atoms with E-state index in [-0.39, 0.29) is 5.91 Å². The van der Waals surface area contributed by atoms with E-state index >= 15 is 0 Å². The van der Waals surface area contributed by atoms with Gasteiger partial charge in [-0.05, 0) is 39.3 Å². The Morgan fingerprint density at radius 2 is 2.25 bits per heavy atom. The van der Waals surface area contributed by atoms with Crippen molar-refractivity contribution in [1.29, 1.82) is 0 Å². The number of hydrogen-bond donors (Lipinski definition) is 2. The fourth-order valence-electron chi connectivity index (χ4n) is 1.93. The number of nitrogens with two attached hydrogens (primary N) is 1. The maximum absolute atomic E-state index is 11.5. The van der Waals surface area contributed by atoms with Crippen molar-refractivity contribution in [3.63, 3.8) is 0 Å². The van der Waals surface area contributed by atoms with E-state index in [1.807, 2.05) is 26.8 Å².